The van der Waals surface area contributed by atoms with E-state index in [1.54, 1.807) is 0 Å². The van der Waals surface area contributed by atoms with Crippen LogP contribution in [-0.2, 0) is 4.79 Å². The van der Waals surface area contributed by atoms with Gasteiger partial charge in [0.15, 0.2) is 6.04 Å². The van der Waals surface area contributed by atoms with Crippen molar-refractivity contribution in [3.8, 4) is 0 Å². The number of hydrogen-bond donors (Lipinski definition) is 1. The SMILES string of the molecule is O=C1N/[N+](=C\c2ccccc2)[C@@H]2[C@H]3CC[C@H](C3)[C@H]12. The Morgan fingerprint density at radius 3 is 2.78 bits per heavy atom. The first-order valence-electron chi connectivity index (χ1n) is 6.82. The molecule has 3 aliphatic rings. The minimum Gasteiger partial charge on any atom is -0.269 e. The molecule has 2 aliphatic carbocycles. The third-order valence-electron chi connectivity index (χ3n) is 4.82. The third kappa shape index (κ3) is 1.36. The lowest BCUT2D eigenvalue weighted by Crippen LogP contribution is -2.34. The van der Waals surface area contributed by atoms with Crippen LogP contribution in [0.4, 0.5) is 0 Å². The molecule has 1 N–H and O–H groups in total. The number of fused-ring (bicyclic) bond motifs is 5. The number of hydrazine groups is 1. The highest BCUT2D eigenvalue weighted by Crippen LogP contribution is 2.51. The number of amides is 1. The topological polar surface area (TPSA) is 32.1 Å². The highest BCUT2D eigenvalue weighted by Gasteiger charge is 2.61. The van der Waals surface area contributed by atoms with Gasteiger partial charge in [-0.3, -0.25) is 4.79 Å². The number of rotatable bonds is 1. The molecule has 0 unspecified atom stereocenters. The molecule has 1 aromatic carbocycles. The minimum absolute atomic E-state index is 0.236. The van der Waals surface area contributed by atoms with Crippen LogP contribution < -0.4 is 5.43 Å². The lowest BCUT2D eigenvalue weighted by Gasteiger charge is -2.16. The monoisotopic (exact) mass is 241 g/mol. The molecule has 4 atom stereocenters. The summed E-state index contributed by atoms with van der Waals surface area (Å²) in [6, 6.07) is 10.6. The highest BCUT2D eigenvalue weighted by molar-refractivity contribution is 5.83. The molecule has 0 aromatic heterocycles. The van der Waals surface area contributed by atoms with Crippen molar-refractivity contribution < 1.29 is 9.48 Å². The predicted octanol–water partition coefficient (Wildman–Crippen LogP) is 1.58. The standard InChI is InChI=1S/C15H16N2O/c18-15-13-11-6-7-12(8-11)14(13)17(16-15)9-10-4-2-1-3-5-10/h1-5,9,11-14H,6-8H2/p+1/b17-9-/t11-,12+,13+,14-/m1/s1. The van der Waals surface area contributed by atoms with Crippen molar-refractivity contribution in [3.63, 3.8) is 0 Å². The van der Waals surface area contributed by atoms with E-state index in [1.165, 1.54) is 19.3 Å². The van der Waals surface area contributed by atoms with Crippen LogP contribution in [0.3, 0.4) is 0 Å². The summed E-state index contributed by atoms with van der Waals surface area (Å²) in [5.41, 5.74) is 4.20. The quantitative estimate of drug-likeness (QED) is 0.744. The van der Waals surface area contributed by atoms with Gasteiger partial charge in [0.05, 0.1) is 0 Å². The molecule has 0 radical (unpaired) electrons. The fourth-order valence-corrected chi connectivity index (χ4v) is 4.12. The van der Waals surface area contributed by atoms with Gasteiger partial charge in [-0.25, -0.2) is 0 Å². The fourth-order valence-electron chi connectivity index (χ4n) is 4.12. The first-order valence-corrected chi connectivity index (χ1v) is 6.82. The van der Waals surface area contributed by atoms with E-state index >= 15 is 0 Å². The number of hydrazone groups is 1. The van der Waals surface area contributed by atoms with Crippen molar-refractivity contribution in [3.05, 3.63) is 35.9 Å². The smallest absolute Gasteiger partial charge is 0.269 e. The van der Waals surface area contributed by atoms with Crippen LogP contribution in [0.2, 0.25) is 0 Å². The van der Waals surface area contributed by atoms with Crippen LogP contribution in [0.5, 0.6) is 0 Å². The highest BCUT2D eigenvalue weighted by atomic mass is 16.2. The Labute approximate surface area is 106 Å². The first kappa shape index (κ1) is 10.3. The fraction of sp³-hybridized carbons (Fsp3) is 0.467. The summed E-state index contributed by atoms with van der Waals surface area (Å²) in [5.74, 6) is 1.82. The maximum Gasteiger partial charge on any atom is 0.284 e. The number of hydrogen-bond acceptors (Lipinski definition) is 1. The Morgan fingerprint density at radius 1 is 1.17 bits per heavy atom. The summed E-state index contributed by atoms with van der Waals surface area (Å²) in [4.78, 5) is 12.1. The van der Waals surface area contributed by atoms with Gasteiger partial charge in [0, 0.05) is 11.5 Å². The van der Waals surface area contributed by atoms with E-state index in [9.17, 15) is 4.79 Å². The molecular weight excluding hydrogens is 224 g/mol. The number of carbonyl (C=O) groups is 1. The van der Waals surface area contributed by atoms with E-state index in [-0.39, 0.29) is 11.8 Å². The molecule has 3 heteroatoms. The lowest BCUT2D eigenvalue weighted by molar-refractivity contribution is -0.598. The number of nitrogens with zero attached hydrogens (tertiary/aromatic N) is 1. The second-order valence-electron chi connectivity index (χ2n) is 5.77. The second kappa shape index (κ2) is 3.67. The average molecular weight is 241 g/mol. The Hall–Kier alpha value is -1.64. The Morgan fingerprint density at radius 2 is 1.94 bits per heavy atom. The van der Waals surface area contributed by atoms with Crippen LogP contribution in [-0.4, -0.2) is 22.8 Å². The molecule has 1 aromatic rings. The van der Waals surface area contributed by atoms with Gasteiger partial charge in [0.25, 0.3) is 5.91 Å². The van der Waals surface area contributed by atoms with E-state index in [2.05, 4.69) is 28.5 Å². The molecule has 18 heavy (non-hydrogen) atoms. The lowest BCUT2D eigenvalue weighted by atomic mass is 9.85. The van der Waals surface area contributed by atoms with Crippen LogP contribution in [0.1, 0.15) is 24.8 Å². The van der Waals surface area contributed by atoms with E-state index in [0.29, 0.717) is 17.9 Å². The van der Waals surface area contributed by atoms with E-state index in [0.717, 1.165) is 5.56 Å². The third-order valence-corrected chi connectivity index (χ3v) is 4.82. The molecule has 1 aliphatic heterocycles. The van der Waals surface area contributed by atoms with Crippen molar-refractivity contribution >= 4 is 12.1 Å². The van der Waals surface area contributed by atoms with E-state index < -0.39 is 0 Å². The predicted molar refractivity (Wildman–Crippen MR) is 68.1 cm³/mol. The molecule has 0 spiro atoms. The van der Waals surface area contributed by atoms with Crippen LogP contribution in [0.15, 0.2) is 30.3 Å². The van der Waals surface area contributed by atoms with Crippen molar-refractivity contribution in [1.29, 1.82) is 0 Å². The number of carbonyl (C=O) groups excluding carboxylic acids is 1. The summed E-state index contributed by atoms with van der Waals surface area (Å²) in [7, 11) is 0. The summed E-state index contributed by atoms with van der Waals surface area (Å²) >= 11 is 0. The molecule has 3 fully saturated rings. The Kier molecular flexibility index (Phi) is 2.10. The molecule has 1 amide bonds. The molecule has 1 saturated heterocycles. The van der Waals surface area contributed by atoms with Crippen molar-refractivity contribution in [2.45, 2.75) is 25.3 Å². The molecule has 92 valence electrons. The van der Waals surface area contributed by atoms with Crippen molar-refractivity contribution in [1.82, 2.24) is 5.43 Å². The molecule has 1 heterocycles. The molecule has 4 rings (SSSR count). The first-order chi connectivity index (χ1) is 8.83. The van der Waals surface area contributed by atoms with Crippen LogP contribution in [0.25, 0.3) is 0 Å². The van der Waals surface area contributed by atoms with Crippen LogP contribution in [0, 0.1) is 17.8 Å². The molecule has 2 saturated carbocycles. The number of benzene rings is 1. The molecular formula is C15H17N2O+. The molecule has 2 bridgehead atoms. The normalized spacial score (nSPS) is 39.1. The van der Waals surface area contributed by atoms with Gasteiger partial charge in [-0.05, 0) is 37.3 Å². The van der Waals surface area contributed by atoms with Gasteiger partial charge >= 0.3 is 0 Å². The largest absolute Gasteiger partial charge is 0.284 e. The zero-order valence-electron chi connectivity index (χ0n) is 10.3. The summed E-state index contributed by atoms with van der Waals surface area (Å²) in [6.07, 6.45) is 5.88. The summed E-state index contributed by atoms with van der Waals surface area (Å²) < 4.78 is 2.08. The van der Waals surface area contributed by atoms with Gasteiger partial charge in [-0.1, -0.05) is 18.2 Å². The number of nitrogens with one attached hydrogen (secondary N) is 1. The van der Waals surface area contributed by atoms with Gasteiger partial charge < -0.3 is 0 Å². The summed E-state index contributed by atoms with van der Waals surface area (Å²) in [5, 5.41) is 0. The van der Waals surface area contributed by atoms with Gasteiger partial charge in [-0.15, -0.1) is 10.1 Å². The Bertz CT molecular complexity index is 523. The minimum atomic E-state index is 0.236. The van der Waals surface area contributed by atoms with Crippen molar-refractivity contribution in [2.75, 3.05) is 0 Å². The maximum atomic E-state index is 12.1. The van der Waals surface area contributed by atoms with Crippen LogP contribution >= 0.6 is 0 Å². The maximum absolute atomic E-state index is 12.1. The molecule has 3 nitrogen and oxygen atoms in total. The van der Waals surface area contributed by atoms with Gasteiger partial charge in [0.1, 0.15) is 5.92 Å². The van der Waals surface area contributed by atoms with Crippen molar-refractivity contribution in [2.24, 2.45) is 17.8 Å². The van der Waals surface area contributed by atoms with Gasteiger partial charge in [0.2, 0.25) is 6.21 Å². The zero-order chi connectivity index (χ0) is 12.1. The van der Waals surface area contributed by atoms with E-state index in [4.69, 9.17) is 0 Å². The average Bonchev–Trinajstić information content (AvgIpc) is 3.05. The Balaban J connectivity index is 1.71. The van der Waals surface area contributed by atoms with Gasteiger partial charge in [-0.2, -0.15) is 0 Å². The second-order valence-corrected chi connectivity index (χ2v) is 5.77. The summed E-state index contributed by atoms with van der Waals surface area (Å²) in [6.45, 7) is 0. The van der Waals surface area contributed by atoms with E-state index in [1.807, 2.05) is 18.2 Å². The zero-order valence-corrected chi connectivity index (χ0v) is 10.3.